The molecule has 1 saturated heterocycles. The van der Waals surface area contributed by atoms with Gasteiger partial charge in [-0.25, -0.2) is 18.6 Å². The molecule has 1 saturated carbocycles. The van der Waals surface area contributed by atoms with Gasteiger partial charge in [0, 0.05) is 23.5 Å². The van der Waals surface area contributed by atoms with E-state index in [2.05, 4.69) is 15.3 Å². The van der Waals surface area contributed by atoms with Gasteiger partial charge in [0.2, 0.25) is 0 Å². The molecule has 0 spiro atoms. The third-order valence-corrected chi connectivity index (χ3v) is 7.26. The lowest BCUT2D eigenvalue weighted by atomic mass is 10.2. The highest BCUT2D eigenvalue weighted by atomic mass is 32.2. The van der Waals surface area contributed by atoms with Crippen molar-refractivity contribution in [3.63, 3.8) is 0 Å². The molecule has 0 radical (unpaired) electrons. The fourth-order valence-electron chi connectivity index (χ4n) is 4.36. The van der Waals surface area contributed by atoms with Gasteiger partial charge in [-0.15, -0.1) is 0 Å². The Labute approximate surface area is 182 Å². The first-order valence-corrected chi connectivity index (χ1v) is 11.7. The summed E-state index contributed by atoms with van der Waals surface area (Å²) in [5, 5.41) is 12.3. The molecule has 3 N–H and O–H groups in total. The van der Waals surface area contributed by atoms with Gasteiger partial charge in [-0.3, -0.25) is 4.79 Å². The SMILES string of the molecule is O=C(O)N1CC[C@H](SCc2nc3cc(NC4CCCC4)cc(F)c3c(=O)[nH]2)C[C@H](F)C1. The van der Waals surface area contributed by atoms with E-state index < -0.39 is 23.6 Å². The molecular weight excluding hydrogens is 426 g/mol. The Balaban J connectivity index is 1.48. The second kappa shape index (κ2) is 9.42. The van der Waals surface area contributed by atoms with Gasteiger partial charge in [-0.05, 0) is 37.8 Å². The average Bonchev–Trinajstić information content (AvgIpc) is 3.13. The van der Waals surface area contributed by atoms with Crippen LogP contribution in [0, 0.1) is 5.82 Å². The maximum absolute atomic E-state index is 14.6. The summed E-state index contributed by atoms with van der Waals surface area (Å²) in [6.07, 6.45) is 2.82. The van der Waals surface area contributed by atoms with E-state index in [9.17, 15) is 18.4 Å². The monoisotopic (exact) mass is 452 g/mol. The van der Waals surface area contributed by atoms with Gasteiger partial charge < -0.3 is 20.3 Å². The standard InChI is InChI=1S/C21H26F2N4O3S/c22-12-7-15(5-6-27(10-12)21(29)30)31-11-18-25-17-9-14(24-13-3-1-2-4-13)8-16(23)19(17)20(28)26-18/h8-9,12-13,15,24H,1-7,10-11H2,(H,29,30)(H,25,26,28)/t12-,15-/m0/s1. The zero-order valence-corrected chi connectivity index (χ0v) is 17.9. The van der Waals surface area contributed by atoms with Crippen molar-refractivity contribution in [1.82, 2.24) is 14.9 Å². The molecule has 0 bridgehead atoms. The summed E-state index contributed by atoms with van der Waals surface area (Å²) < 4.78 is 28.7. The molecule has 2 atom stereocenters. The summed E-state index contributed by atoms with van der Waals surface area (Å²) in [7, 11) is 0. The van der Waals surface area contributed by atoms with Crippen LogP contribution < -0.4 is 10.9 Å². The Kier molecular flexibility index (Phi) is 6.64. The van der Waals surface area contributed by atoms with Crippen LogP contribution >= 0.6 is 11.8 Å². The molecule has 2 aromatic rings. The number of alkyl halides is 1. The number of nitrogens with zero attached hydrogens (tertiary/aromatic N) is 2. The van der Waals surface area contributed by atoms with E-state index in [1.54, 1.807) is 6.07 Å². The molecule has 1 amide bonds. The fraction of sp³-hybridized carbons (Fsp3) is 0.571. The predicted octanol–water partition coefficient (Wildman–Crippen LogP) is 4.13. The number of halogens is 2. The van der Waals surface area contributed by atoms with Crippen LogP contribution in [0.5, 0.6) is 0 Å². The Hall–Kier alpha value is -2.36. The highest BCUT2D eigenvalue weighted by Crippen LogP contribution is 2.28. The highest BCUT2D eigenvalue weighted by Gasteiger charge is 2.27. The Morgan fingerprint density at radius 2 is 2.10 bits per heavy atom. The van der Waals surface area contributed by atoms with Crippen molar-refractivity contribution in [2.45, 2.75) is 61.7 Å². The van der Waals surface area contributed by atoms with Gasteiger partial charge in [-0.1, -0.05) is 12.8 Å². The second-order valence-corrected chi connectivity index (χ2v) is 9.56. The normalized spacial score (nSPS) is 22.6. The van der Waals surface area contributed by atoms with E-state index >= 15 is 0 Å². The maximum atomic E-state index is 14.6. The molecule has 4 rings (SSSR count). The molecule has 2 aliphatic rings. The number of likely N-dealkylation sites (tertiary alicyclic amines) is 1. The van der Waals surface area contributed by atoms with E-state index in [1.165, 1.54) is 17.8 Å². The zero-order chi connectivity index (χ0) is 22.0. The smallest absolute Gasteiger partial charge is 0.407 e. The summed E-state index contributed by atoms with van der Waals surface area (Å²) in [4.78, 5) is 31.8. The van der Waals surface area contributed by atoms with Gasteiger partial charge in [0.1, 0.15) is 23.2 Å². The van der Waals surface area contributed by atoms with E-state index in [0.717, 1.165) is 30.6 Å². The van der Waals surface area contributed by atoms with Gasteiger partial charge in [0.15, 0.2) is 0 Å². The maximum Gasteiger partial charge on any atom is 0.407 e. The molecule has 1 aliphatic carbocycles. The third-order valence-electron chi connectivity index (χ3n) is 5.92. The first kappa shape index (κ1) is 21.9. The van der Waals surface area contributed by atoms with Crippen LogP contribution in [-0.2, 0) is 5.75 Å². The average molecular weight is 453 g/mol. The molecule has 168 valence electrons. The number of carbonyl (C=O) groups is 1. The molecular formula is C21H26F2N4O3S. The molecule has 1 aliphatic heterocycles. The number of hydrogen-bond donors (Lipinski definition) is 3. The summed E-state index contributed by atoms with van der Waals surface area (Å²) in [5.41, 5.74) is 0.374. The summed E-state index contributed by atoms with van der Waals surface area (Å²) in [6, 6.07) is 3.35. The third kappa shape index (κ3) is 5.28. The predicted molar refractivity (Wildman–Crippen MR) is 117 cm³/mol. The van der Waals surface area contributed by atoms with E-state index in [-0.39, 0.29) is 30.1 Å². The van der Waals surface area contributed by atoms with Gasteiger partial charge in [0.05, 0.1) is 17.8 Å². The Morgan fingerprint density at radius 1 is 1.32 bits per heavy atom. The lowest BCUT2D eigenvalue weighted by Crippen LogP contribution is -2.33. The van der Waals surface area contributed by atoms with Gasteiger partial charge >= 0.3 is 6.09 Å². The molecule has 2 fully saturated rings. The minimum Gasteiger partial charge on any atom is -0.465 e. The number of thioether (sulfide) groups is 1. The summed E-state index contributed by atoms with van der Waals surface area (Å²) >= 11 is 1.43. The van der Waals surface area contributed by atoms with Crippen molar-refractivity contribution in [1.29, 1.82) is 0 Å². The number of rotatable bonds is 5. The summed E-state index contributed by atoms with van der Waals surface area (Å²) in [5.74, 6) is 0.121. The van der Waals surface area contributed by atoms with E-state index in [0.29, 0.717) is 35.2 Å². The minimum atomic E-state index is -1.22. The lowest BCUT2D eigenvalue weighted by molar-refractivity contribution is 0.134. The lowest BCUT2D eigenvalue weighted by Gasteiger charge is -2.16. The van der Waals surface area contributed by atoms with Gasteiger partial charge in [-0.2, -0.15) is 11.8 Å². The van der Waals surface area contributed by atoms with Crippen molar-refractivity contribution in [2.24, 2.45) is 0 Å². The van der Waals surface area contributed by atoms with Crippen LogP contribution in [0.2, 0.25) is 0 Å². The first-order chi connectivity index (χ1) is 14.9. The topological polar surface area (TPSA) is 98.3 Å². The Morgan fingerprint density at radius 3 is 2.84 bits per heavy atom. The molecule has 0 unspecified atom stereocenters. The molecule has 31 heavy (non-hydrogen) atoms. The zero-order valence-electron chi connectivity index (χ0n) is 17.1. The van der Waals surface area contributed by atoms with E-state index in [1.807, 2.05) is 0 Å². The number of anilines is 1. The van der Waals surface area contributed by atoms with Crippen molar-refractivity contribution < 1.29 is 18.7 Å². The highest BCUT2D eigenvalue weighted by molar-refractivity contribution is 7.99. The van der Waals surface area contributed by atoms with Crippen molar-refractivity contribution in [3.05, 3.63) is 34.1 Å². The molecule has 1 aromatic carbocycles. The first-order valence-electron chi connectivity index (χ1n) is 10.6. The second-order valence-electron chi connectivity index (χ2n) is 8.27. The number of hydrogen-bond acceptors (Lipinski definition) is 5. The van der Waals surface area contributed by atoms with Crippen molar-refractivity contribution in [2.75, 3.05) is 18.4 Å². The van der Waals surface area contributed by atoms with Crippen molar-refractivity contribution >= 4 is 34.4 Å². The number of benzene rings is 1. The van der Waals surface area contributed by atoms with Gasteiger partial charge in [0.25, 0.3) is 5.56 Å². The summed E-state index contributed by atoms with van der Waals surface area (Å²) in [6.45, 7) is 0.157. The van der Waals surface area contributed by atoms with Crippen LogP contribution in [0.3, 0.4) is 0 Å². The van der Waals surface area contributed by atoms with Crippen LogP contribution in [0.4, 0.5) is 19.3 Å². The van der Waals surface area contributed by atoms with Crippen LogP contribution in [0.1, 0.15) is 44.3 Å². The quantitative estimate of drug-likeness (QED) is 0.631. The Bertz CT molecular complexity index is 1010. The van der Waals surface area contributed by atoms with Crippen LogP contribution in [0.15, 0.2) is 16.9 Å². The van der Waals surface area contributed by atoms with Crippen LogP contribution in [0.25, 0.3) is 10.9 Å². The molecule has 7 nitrogen and oxygen atoms in total. The molecule has 10 heteroatoms. The number of aromatic nitrogens is 2. The number of nitrogens with one attached hydrogen (secondary N) is 2. The number of carboxylic acid groups (broad SMARTS) is 1. The van der Waals surface area contributed by atoms with Crippen molar-refractivity contribution in [3.8, 4) is 0 Å². The minimum absolute atomic E-state index is 0.0684. The fourth-order valence-corrected chi connectivity index (χ4v) is 5.51. The number of H-pyrrole nitrogens is 1. The number of amides is 1. The molecule has 2 heterocycles. The number of fused-ring (bicyclic) bond motifs is 1. The van der Waals surface area contributed by atoms with Crippen LogP contribution in [-0.4, -0.2) is 56.6 Å². The largest absolute Gasteiger partial charge is 0.465 e. The number of aromatic amines is 1. The van der Waals surface area contributed by atoms with E-state index in [4.69, 9.17) is 5.11 Å². The molecule has 1 aromatic heterocycles.